The van der Waals surface area contributed by atoms with Crippen LogP contribution < -0.4 is 0 Å². The molecule has 0 heterocycles. The van der Waals surface area contributed by atoms with Crippen molar-refractivity contribution in [1.82, 2.24) is 0 Å². The van der Waals surface area contributed by atoms with Gasteiger partial charge >= 0.3 is 0 Å². The van der Waals surface area contributed by atoms with E-state index in [1.807, 2.05) is 25.1 Å². The van der Waals surface area contributed by atoms with Gasteiger partial charge in [0.2, 0.25) is 0 Å². The Hall–Kier alpha value is -0.863. The average Bonchev–Trinajstić information content (AvgIpc) is 2.06. The molecule has 13 heavy (non-hydrogen) atoms. The van der Waals surface area contributed by atoms with Gasteiger partial charge in [0.05, 0.1) is 6.61 Å². The Morgan fingerprint density at radius 1 is 1.38 bits per heavy atom. The van der Waals surface area contributed by atoms with Crippen molar-refractivity contribution >= 4 is 10.5 Å². The molecule has 1 aromatic rings. The summed E-state index contributed by atoms with van der Waals surface area (Å²) < 4.78 is 4.84. The Morgan fingerprint density at radius 2 is 1.92 bits per heavy atom. The van der Waals surface area contributed by atoms with Gasteiger partial charge in [-0.3, -0.25) is 0 Å². The maximum absolute atomic E-state index is 4.84. The molecule has 0 radical (unpaired) electrons. The molecule has 0 aromatic heterocycles. The summed E-state index contributed by atoms with van der Waals surface area (Å²) in [6.07, 6.45) is 0. The molecule has 0 saturated heterocycles. The summed E-state index contributed by atoms with van der Waals surface area (Å²) in [7, 11) is 0.826. The zero-order chi connectivity index (χ0) is 10.1. The van der Waals surface area contributed by atoms with Gasteiger partial charge in [-0.15, -0.1) is 0 Å². The fourth-order valence-electron chi connectivity index (χ4n) is 0.781. The van der Waals surface area contributed by atoms with E-state index >= 15 is 0 Å². The van der Waals surface area contributed by atoms with Gasteiger partial charge in [0.15, 0.2) is 0 Å². The van der Waals surface area contributed by atoms with Gasteiger partial charge in [0.25, 0.3) is 0 Å². The molecule has 0 fully saturated rings. The zero-order valence-corrected chi connectivity index (χ0v) is 10.7. The van der Waals surface area contributed by atoms with Crippen LogP contribution in [-0.4, -0.2) is 17.1 Å². The highest BCUT2D eigenvalue weighted by molar-refractivity contribution is 5.98. The van der Waals surface area contributed by atoms with Gasteiger partial charge in [0.1, 0.15) is 10.5 Å². The zero-order valence-electron chi connectivity index (χ0n) is 8.71. The second-order valence-corrected chi connectivity index (χ2v) is 3.62. The lowest BCUT2D eigenvalue weighted by Crippen LogP contribution is -1.87. The third kappa shape index (κ3) is 9.05. The Labute approximate surface area is 84.0 Å². The molecule has 0 unspecified atom stereocenters. The minimum atomic E-state index is 0.742. The van der Waals surface area contributed by atoms with Crippen LogP contribution in [0.15, 0.2) is 42.5 Å². The van der Waals surface area contributed by atoms with Crippen LogP contribution >= 0.6 is 0 Å². The van der Waals surface area contributed by atoms with Gasteiger partial charge in [-0.05, 0) is 13.8 Å². The molecule has 0 aliphatic carbocycles. The predicted octanol–water partition coefficient (Wildman–Crippen LogP) is 1.85. The van der Waals surface area contributed by atoms with Gasteiger partial charge < -0.3 is 4.43 Å². The van der Waals surface area contributed by atoms with E-state index in [1.165, 1.54) is 5.56 Å². The van der Waals surface area contributed by atoms with Crippen molar-refractivity contribution in [2.75, 3.05) is 6.61 Å². The van der Waals surface area contributed by atoms with Crippen molar-refractivity contribution in [1.29, 1.82) is 0 Å². The highest BCUT2D eigenvalue weighted by Crippen LogP contribution is 1.92. The maximum Gasteiger partial charge on any atom is 0.146 e. The molecule has 0 spiro atoms. The molecular formula is C11H18OSi. The smallest absolute Gasteiger partial charge is 0.146 e. The molecule has 1 aromatic carbocycles. The number of hydrogen-bond acceptors (Lipinski definition) is 1. The Balaban J connectivity index is 0.000000226. The standard InChI is InChI=1S/C7H8.C4H10OSi/c1-7-5-3-2-4-6-7;1-4(2)3-5-6/h2-6H,1H3;1,3H2,2,6H3. The van der Waals surface area contributed by atoms with Crippen LogP contribution in [-0.2, 0) is 4.43 Å². The van der Waals surface area contributed by atoms with Crippen LogP contribution in [0, 0.1) is 6.92 Å². The second-order valence-electron chi connectivity index (χ2n) is 3.04. The van der Waals surface area contributed by atoms with Crippen molar-refractivity contribution in [2.24, 2.45) is 0 Å². The van der Waals surface area contributed by atoms with E-state index in [9.17, 15) is 0 Å². The fourth-order valence-corrected chi connectivity index (χ4v) is 1.27. The van der Waals surface area contributed by atoms with E-state index in [1.54, 1.807) is 0 Å². The van der Waals surface area contributed by atoms with E-state index in [-0.39, 0.29) is 0 Å². The summed E-state index contributed by atoms with van der Waals surface area (Å²) in [5.74, 6) is 0. The number of aryl methyl sites for hydroxylation is 1. The van der Waals surface area contributed by atoms with Crippen molar-refractivity contribution in [3.05, 3.63) is 48.0 Å². The molecule has 1 nitrogen and oxygen atoms in total. The lowest BCUT2D eigenvalue weighted by molar-refractivity contribution is 0.389. The summed E-state index contributed by atoms with van der Waals surface area (Å²) in [6.45, 7) is 8.42. The van der Waals surface area contributed by atoms with Crippen molar-refractivity contribution in [2.45, 2.75) is 13.8 Å². The normalized spacial score (nSPS) is 8.77. The van der Waals surface area contributed by atoms with Gasteiger partial charge in [-0.25, -0.2) is 0 Å². The summed E-state index contributed by atoms with van der Waals surface area (Å²) in [5.41, 5.74) is 2.42. The molecule has 0 saturated carbocycles. The van der Waals surface area contributed by atoms with Crippen LogP contribution in [0.25, 0.3) is 0 Å². The largest absolute Gasteiger partial charge is 0.424 e. The second kappa shape index (κ2) is 7.77. The third-order valence-electron chi connectivity index (χ3n) is 1.33. The molecule has 1 rings (SSSR count). The van der Waals surface area contributed by atoms with E-state index in [0.29, 0.717) is 0 Å². The maximum atomic E-state index is 4.84. The molecule has 0 aliphatic rings. The number of hydrogen-bond donors (Lipinski definition) is 0. The first-order valence-electron chi connectivity index (χ1n) is 4.31. The molecule has 72 valence electrons. The molecule has 0 atom stereocenters. The summed E-state index contributed by atoms with van der Waals surface area (Å²) >= 11 is 0. The minimum absolute atomic E-state index is 0.742. The molecule has 0 N–H and O–H groups in total. The Morgan fingerprint density at radius 3 is 2.08 bits per heavy atom. The molecule has 0 aliphatic heterocycles. The van der Waals surface area contributed by atoms with E-state index in [0.717, 1.165) is 22.7 Å². The highest BCUT2D eigenvalue weighted by atomic mass is 28.2. The minimum Gasteiger partial charge on any atom is -0.424 e. The van der Waals surface area contributed by atoms with Gasteiger partial charge in [-0.1, -0.05) is 48.0 Å². The first-order valence-corrected chi connectivity index (χ1v) is 5.13. The van der Waals surface area contributed by atoms with Crippen molar-refractivity contribution in [3.8, 4) is 0 Å². The van der Waals surface area contributed by atoms with Crippen LogP contribution in [0.3, 0.4) is 0 Å². The van der Waals surface area contributed by atoms with E-state index < -0.39 is 0 Å². The van der Waals surface area contributed by atoms with Gasteiger partial charge in [-0.2, -0.15) is 0 Å². The predicted molar refractivity (Wildman–Crippen MR) is 61.9 cm³/mol. The first-order chi connectivity index (χ1) is 6.16. The fraction of sp³-hybridized carbons (Fsp3) is 0.273. The quantitative estimate of drug-likeness (QED) is 0.516. The summed E-state index contributed by atoms with van der Waals surface area (Å²) in [5, 5.41) is 0. The molecule has 0 amide bonds. The lowest BCUT2D eigenvalue weighted by atomic mass is 10.2. The Bertz CT molecular complexity index is 231. The van der Waals surface area contributed by atoms with E-state index in [4.69, 9.17) is 4.43 Å². The molecule has 2 heteroatoms. The van der Waals surface area contributed by atoms with E-state index in [2.05, 4.69) is 25.6 Å². The number of benzene rings is 1. The number of rotatable bonds is 2. The highest BCUT2D eigenvalue weighted by Gasteiger charge is 1.74. The summed E-state index contributed by atoms with van der Waals surface area (Å²) in [4.78, 5) is 0. The SMILES string of the molecule is C=C(C)CO[SiH3].Cc1ccccc1. The summed E-state index contributed by atoms with van der Waals surface area (Å²) in [6, 6.07) is 10.3. The average molecular weight is 194 g/mol. The first kappa shape index (κ1) is 12.1. The van der Waals surface area contributed by atoms with Crippen molar-refractivity contribution in [3.63, 3.8) is 0 Å². The van der Waals surface area contributed by atoms with Gasteiger partial charge in [0, 0.05) is 0 Å². The van der Waals surface area contributed by atoms with Crippen LogP contribution in [0.1, 0.15) is 12.5 Å². The third-order valence-corrected chi connectivity index (χ3v) is 1.62. The van der Waals surface area contributed by atoms with Crippen LogP contribution in [0.2, 0.25) is 0 Å². The van der Waals surface area contributed by atoms with Crippen LogP contribution in [0.4, 0.5) is 0 Å². The Kier molecular flexibility index (Phi) is 7.25. The van der Waals surface area contributed by atoms with Crippen molar-refractivity contribution < 1.29 is 4.43 Å². The monoisotopic (exact) mass is 194 g/mol. The topological polar surface area (TPSA) is 9.23 Å². The lowest BCUT2D eigenvalue weighted by Gasteiger charge is -1.91. The van der Waals surface area contributed by atoms with Crippen LogP contribution in [0.5, 0.6) is 0 Å². The molecular weight excluding hydrogens is 176 g/mol. The molecule has 0 bridgehead atoms.